The lowest BCUT2D eigenvalue weighted by atomic mass is 9.98. The number of aliphatic hydroxyl groups excluding tert-OH is 1. The SMILES string of the molecule is C/C(O)=C(/C)C1CCCC1. The van der Waals surface area contributed by atoms with Gasteiger partial charge in [0.15, 0.2) is 0 Å². The Bertz CT molecular complexity index is 137. The van der Waals surface area contributed by atoms with Gasteiger partial charge in [-0.2, -0.15) is 0 Å². The van der Waals surface area contributed by atoms with Crippen molar-refractivity contribution in [2.24, 2.45) is 5.92 Å². The summed E-state index contributed by atoms with van der Waals surface area (Å²) in [6.45, 7) is 3.83. The Hall–Kier alpha value is -0.460. The van der Waals surface area contributed by atoms with Gasteiger partial charge >= 0.3 is 0 Å². The van der Waals surface area contributed by atoms with Crippen molar-refractivity contribution in [2.75, 3.05) is 0 Å². The number of hydrogen-bond donors (Lipinski definition) is 1. The van der Waals surface area contributed by atoms with Crippen LogP contribution in [0.3, 0.4) is 0 Å². The first-order valence-electron chi connectivity index (χ1n) is 4.08. The molecule has 1 aliphatic rings. The van der Waals surface area contributed by atoms with Crippen molar-refractivity contribution in [3.63, 3.8) is 0 Å². The summed E-state index contributed by atoms with van der Waals surface area (Å²) in [6, 6.07) is 0. The van der Waals surface area contributed by atoms with E-state index in [4.69, 9.17) is 5.11 Å². The summed E-state index contributed by atoms with van der Waals surface area (Å²) in [6.07, 6.45) is 5.25. The number of aliphatic hydroxyl groups is 1. The molecule has 1 aliphatic carbocycles. The van der Waals surface area contributed by atoms with Crippen LogP contribution in [0.4, 0.5) is 0 Å². The average Bonchev–Trinajstić information content (AvgIpc) is 2.36. The van der Waals surface area contributed by atoms with Crippen LogP contribution >= 0.6 is 0 Å². The highest BCUT2D eigenvalue weighted by molar-refractivity contribution is 5.07. The second-order valence-corrected chi connectivity index (χ2v) is 3.25. The van der Waals surface area contributed by atoms with Crippen LogP contribution in [-0.4, -0.2) is 5.11 Å². The van der Waals surface area contributed by atoms with Crippen molar-refractivity contribution in [1.29, 1.82) is 0 Å². The normalized spacial score (nSPS) is 23.0. The Balaban J connectivity index is 2.56. The van der Waals surface area contributed by atoms with Gasteiger partial charge in [-0.05, 0) is 38.2 Å². The molecule has 0 aromatic rings. The number of hydrogen-bond acceptors (Lipinski definition) is 1. The molecule has 10 heavy (non-hydrogen) atoms. The van der Waals surface area contributed by atoms with E-state index in [1.165, 1.54) is 31.3 Å². The van der Waals surface area contributed by atoms with E-state index in [-0.39, 0.29) is 0 Å². The minimum absolute atomic E-state index is 0.534. The monoisotopic (exact) mass is 140 g/mol. The Morgan fingerprint density at radius 2 is 1.70 bits per heavy atom. The van der Waals surface area contributed by atoms with Crippen LogP contribution in [0.1, 0.15) is 39.5 Å². The smallest absolute Gasteiger partial charge is 0.0883 e. The summed E-state index contributed by atoms with van der Waals surface area (Å²) in [4.78, 5) is 0. The fourth-order valence-corrected chi connectivity index (χ4v) is 1.65. The molecule has 58 valence electrons. The van der Waals surface area contributed by atoms with E-state index in [1.807, 2.05) is 6.92 Å². The zero-order valence-electron chi connectivity index (χ0n) is 6.85. The van der Waals surface area contributed by atoms with E-state index >= 15 is 0 Å². The lowest BCUT2D eigenvalue weighted by Crippen LogP contribution is -1.97. The van der Waals surface area contributed by atoms with Crippen LogP contribution < -0.4 is 0 Å². The van der Waals surface area contributed by atoms with Gasteiger partial charge in [-0.15, -0.1) is 0 Å². The van der Waals surface area contributed by atoms with Crippen LogP contribution in [0.5, 0.6) is 0 Å². The third kappa shape index (κ3) is 1.53. The molecule has 1 N–H and O–H groups in total. The van der Waals surface area contributed by atoms with Gasteiger partial charge < -0.3 is 5.11 Å². The Labute approximate surface area is 62.8 Å². The lowest BCUT2D eigenvalue weighted by molar-refractivity contribution is 0.394. The predicted molar refractivity (Wildman–Crippen MR) is 43.0 cm³/mol. The van der Waals surface area contributed by atoms with E-state index in [0.29, 0.717) is 11.7 Å². The van der Waals surface area contributed by atoms with E-state index in [2.05, 4.69) is 0 Å². The van der Waals surface area contributed by atoms with Gasteiger partial charge in [0.25, 0.3) is 0 Å². The van der Waals surface area contributed by atoms with E-state index in [0.717, 1.165) is 0 Å². The first-order valence-corrected chi connectivity index (χ1v) is 4.08. The van der Waals surface area contributed by atoms with Gasteiger partial charge in [-0.1, -0.05) is 12.8 Å². The van der Waals surface area contributed by atoms with Gasteiger partial charge in [0.05, 0.1) is 5.76 Å². The maximum Gasteiger partial charge on any atom is 0.0883 e. The van der Waals surface area contributed by atoms with Crippen LogP contribution in [-0.2, 0) is 0 Å². The topological polar surface area (TPSA) is 20.2 Å². The molecule has 0 aliphatic heterocycles. The van der Waals surface area contributed by atoms with Crippen molar-refractivity contribution in [3.8, 4) is 0 Å². The first kappa shape index (κ1) is 7.64. The molecule has 0 atom stereocenters. The molecule has 0 aromatic carbocycles. The van der Waals surface area contributed by atoms with Gasteiger partial charge in [0, 0.05) is 0 Å². The Morgan fingerprint density at radius 3 is 2.10 bits per heavy atom. The van der Waals surface area contributed by atoms with E-state index in [9.17, 15) is 0 Å². The third-order valence-electron chi connectivity index (χ3n) is 2.54. The summed E-state index contributed by atoms with van der Waals surface area (Å²) in [5.41, 5.74) is 1.21. The molecule has 0 bridgehead atoms. The van der Waals surface area contributed by atoms with Gasteiger partial charge in [-0.3, -0.25) is 0 Å². The van der Waals surface area contributed by atoms with Crippen molar-refractivity contribution >= 4 is 0 Å². The Morgan fingerprint density at radius 1 is 1.20 bits per heavy atom. The average molecular weight is 140 g/mol. The molecule has 0 radical (unpaired) electrons. The second kappa shape index (κ2) is 3.09. The third-order valence-corrected chi connectivity index (χ3v) is 2.54. The highest BCUT2D eigenvalue weighted by Gasteiger charge is 2.17. The standard InChI is InChI=1S/C9H16O/c1-7(8(2)10)9-5-3-4-6-9/h9-10H,3-6H2,1-2H3/b8-7+. The van der Waals surface area contributed by atoms with Crippen LogP contribution in [0, 0.1) is 5.92 Å². The highest BCUT2D eigenvalue weighted by Crippen LogP contribution is 2.31. The summed E-state index contributed by atoms with van der Waals surface area (Å²) in [5.74, 6) is 1.22. The van der Waals surface area contributed by atoms with Crippen molar-refractivity contribution in [3.05, 3.63) is 11.3 Å². The first-order chi connectivity index (χ1) is 4.72. The number of rotatable bonds is 1. The highest BCUT2D eigenvalue weighted by atomic mass is 16.3. The fourth-order valence-electron chi connectivity index (χ4n) is 1.65. The predicted octanol–water partition coefficient (Wildman–Crippen LogP) is 3.03. The molecule has 1 fully saturated rings. The molecule has 1 nitrogen and oxygen atoms in total. The van der Waals surface area contributed by atoms with Crippen LogP contribution in [0.15, 0.2) is 11.3 Å². The van der Waals surface area contributed by atoms with Gasteiger partial charge in [0.1, 0.15) is 0 Å². The summed E-state index contributed by atoms with van der Waals surface area (Å²) < 4.78 is 0. The molecule has 1 rings (SSSR count). The molecule has 0 saturated heterocycles. The maximum absolute atomic E-state index is 9.16. The van der Waals surface area contributed by atoms with Crippen LogP contribution in [0.25, 0.3) is 0 Å². The van der Waals surface area contributed by atoms with Gasteiger partial charge in [0.2, 0.25) is 0 Å². The van der Waals surface area contributed by atoms with E-state index < -0.39 is 0 Å². The molecule has 0 amide bonds. The molecular formula is C9H16O. The van der Waals surface area contributed by atoms with Crippen molar-refractivity contribution in [2.45, 2.75) is 39.5 Å². The lowest BCUT2D eigenvalue weighted by Gasteiger charge is -2.09. The maximum atomic E-state index is 9.16. The summed E-state index contributed by atoms with van der Waals surface area (Å²) in [5, 5.41) is 9.16. The molecule has 0 spiro atoms. The molecule has 0 aromatic heterocycles. The minimum Gasteiger partial charge on any atom is -0.513 e. The van der Waals surface area contributed by atoms with Crippen molar-refractivity contribution < 1.29 is 5.11 Å². The summed E-state index contributed by atoms with van der Waals surface area (Å²) in [7, 11) is 0. The minimum atomic E-state index is 0.534. The second-order valence-electron chi connectivity index (χ2n) is 3.25. The molecular weight excluding hydrogens is 124 g/mol. The zero-order valence-corrected chi connectivity index (χ0v) is 6.85. The zero-order chi connectivity index (χ0) is 7.56. The van der Waals surface area contributed by atoms with E-state index in [1.54, 1.807) is 6.92 Å². The quantitative estimate of drug-likeness (QED) is 0.555. The number of allylic oxidation sites excluding steroid dienone is 2. The fraction of sp³-hybridized carbons (Fsp3) is 0.778. The van der Waals surface area contributed by atoms with Gasteiger partial charge in [-0.25, -0.2) is 0 Å². The largest absolute Gasteiger partial charge is 0.513 e. The van der Waals surface area contributed by atoms with Crippen molar-refractivity contribution in [1.82, 2.24) is 0 Å². The molecule has 0 heterocycles. The molecule has 1 heteroatoms. The summed E-state index contributed by atoms with van der Waals surface area (Å²) >= 11 is 0. The Kier molecular flexibility index (Phi) is 2.36. The molecule has 0 unspecified atom stereocenters. The van der Waals surface area contributed by atoms with Crippen LogP contribution in [0.2, 0.25) is 0 Å². The molecule has 1 saturated carbocycles.